The second-order valence-electron chi connectivity index (χ2n) is 6.37. The summed E-state index contributed by atoms with van der Waals surface area (Å²) in [4.78, 5) is 13.7. The molecule has 3 rings (SSSR count). The normalized spacial score (nSPS) is 17.0. The molecule has 0 spiro atoms. The SMILES string of the molecule is C[NH+]1CCC(=NNC(=O)c2ccc(COc3ccccc3)cc2)CC1. The largest absolute Gasteiger partial charge is 0.489 e. The number of quaternary nitrogens is 1. The molecule has 1 heterocycles. The van der Waals surface area contributed by atoms with E-state index < -0.39 is 0 Å². The predicted octanol–water partition coefficient (Wildman–Crippen LogP) is 1.66. The Morgan fingerprint density at radius 1 is 1.08 bits per heavy atom. The number of carbonyl (C=O) groups is 1. The van der Waals surface area contributed by atoms with Crippen molar-refractivity contribution in [3.05, 3.63) is 65.7 Å². The van der Waals surface area contributed by atoms with Crippen LogP contribution in [0.25, 0.3) is 0 Å². The van der Waals surface area contributed by atoms with Gasteiger partial charge in [0.15, 0.2) is 0 Å². The van der Waals surface area contributed by atoms with Crippen molar-refractivity contribution < 1.29 is 14.4 Å². The number of nitrogens with one attached hydrogen (secondary N) is 2. The molecule has 25 heavy (non-hydrogen) atoms. The van der Waals surface area contributed by atoms with Crippen molar-refractivity contribution in [3.8, 4) is 5.75 Å². The van der Waals surface area contributed by atoms with Gasteiger partial charge in [0, 0.05) is 24.1 Å². The minimum Gasteiger partial charge on any atom is -0.489 e. The van der Waals surface area contributed by atoms with Crippen molar-refractivity contribution in [2.45, 2.75) is 19.4 Å². The zero-order valence-corrected chi connectivity index (χ0v) is 14.5. The molecule has 0 radical (unpaired) electrons. The Kier molecular flexibility index (Phi) is 5.80. The number of benzene rings is 2. The molecule has 0 unspecified atom stereocenters. The van der Waals surface area contributed by atoms with Crippen molar-refractivity contribution in [1.82, 2.24) is 5.43 Å². The van der Waals surface area contributed by atoms with E-state index in [9.17, 15) is 4.79 Å². The Bertz CT molecular complexity index is 716. The molecule has 5 nitrogen and oxygen atoms in total. The van der Waals surface area contributed by atoms with E-state index in [0.29, 0.717) is 12.2 Å². The van der Waals surface area contributed by atoms with Crippen LogP contribution in [-0.4, -0.2) is 31.8 Å². The summed E-state index contributed by atoms with van der Waals surface area (Å²) in [6.45, 7) is 2.62. The number of amides is 1. The summed E-state index contributed by atoms with van der Waals surface area (Å²) in [5.74, 6) is 0.661. The summed E-state index contributed by atoms with van der Waals surface area (Å²) in [6, 6.07) is 17.1. The zero-order valence-electron chi connectivity index (χ0n) is 14.5. The number of hydrazone groups is 1. The molecule has 0 saturated carbocycles. The third-order valence-corrected chi connectivity index (χ3v) is 4.36. The number of hydrogen-bond acceptors (Lipinski definition) is 3. The molecule has 2 aromatic carbocycles. The summed E-state index contributed by atoms with van der Waals surface area (Å²) in [5, 5.41) is 4.27. The van der Waals surface area contributed by atoms with E-state index in [1.165, 1.54) is 4.90 Å². The Labute approximate surface area is 148 Å². The standard InChI is InChI=1S/C20H23N3O2/c1-23-13-11-18(12-14-23)21-22-20(24)17-9-7-16(8-10-17)15-25-19-5-3-2-4-6-19/h2-10H,11-15H2,1H3,(H,22,24)/p+1. The number of piperidine rings is 1. The molecular weight excluding hydrogens is 314 g/mol. The van der Waals surface area contributed by atoms with Gasteiger partial charge in [-0.2, -0.15) is 5.10 Å². The minimum atomic E-state index is -0.172. The fourth-order valence-electron chi connectivity index (χ4n) is 2.71. The highest BCUT2D eigenvalue weighted by Gasteiger charge is 2.14. The van der Waals surface area contributed by atoms with Gasteiger partial charge in [-0.25, -0.2) is 5.43 Å². The maximum absolute atomic E-state index is 12.2. The van der Waals surface area contributed by atoms with E-state index in [0.717, 1.165) is 43.0 Å². The Morgan fingerprint density at radius 2 is 1.76 bits per heavy atom. The Hall–Kier alpha value is -2.66. The maximum Gasteiger partial charge on any atom is 0.271 e. The molecule has 1 fully saturated rings. The summed E-state index contributed by atoms with van der Waals surface area (Å²) >= 11 is 0. The molecule has 5 heteroatoms. The highest BCUT2D eigenvalue weighted by molar-refractivity contribution is 5.95. The first kappa shape index (κ1) is 17.2. The van der Waals surface area contributed by atoms with Crippen molar-refractivity contribution in [2.24, 2.45) is 5.10 Å². The lowest BCUT2D eigenvalue weighted by Crippen LogP contribution is -3.10. The van der Waals surface area contributed by atoms with Gasteiger partial charge in [0.25, 0.3) is 5.91 Å². The van der Waals surface area contributed by atoms with Crippen LogP contribution in [0.3, 0.4) is 0 Å². The quantitative estimate of drug-likeness (QED) is 0.815. The van der Waals surface area contributed by atoms with Crippen molar-refractivity contribution in [2.75, 3.05) is 20.1 Å². The molecule has 1 aliphatic rings. The van der Waals surface area contributed by atoms with Crippen LogP contribution in [0.5, 0.6) is 5.75 Å². The fourth-order valence-corrected chi connectivity index (χ4v) is 2.71. The van der Waals surface area contributed by atoms with Gasteiger partial charge in [-0.05, 0) is 29.8 Å². The number of rotatable bonds is 5. The summed E-state index contributed by atoms with van der Waals surface area (Å²) in [5.41, 5.74) is 5.37. The maximum atomic E-state index is 12.2. The van der Waals surface area contributed by atoms with E-state index >= 15 is 0 Å². The first-order valence-corrected chi connectivity index (χ1v) is 8.64. The second kappa shape index (κ2) is 8.44. The van der Waals surface area contributed by atoms with Gasteiger partial charge < -0.3 is 9.64 Å². The highest BCUT2D eigenvalue weighted by Crippen LogP contribution is 2.12. The van der Waals surface area contributed by atoms with Crippen LogP contribution >= 0.6 is 0 Å². The smallest absolute Gasteiger partial charge is 0.271 e. The molecule has 1 aliphatic heterocycles. The number of carbonyl (C=O) groups excluding carboxylic acids is 1. The van der Waals surface area contributed by atoms with Gasteiger partial charge in [0.05, 0.1) is 20.1 Å². The fraction of sp³-hybridized carbons (Fsp3) is 0.300. The molecule has 130 valence electrons. The molecule has 2 aromatic rings. The van der Waals surface area contributed by atoms with E-state index in [-0.39, 0.29) is 5.91 Å². The summed E-state index contributed by atoms with van der Waals surface area (Å²) in [7, 11) is 2.18. The highest BCUT2D eigenvalue weighted by atomic mass is 16.5. The lowest BCUT2D eigenvalue weighted by atomic mass is 10.1. The lowest BCUT2D eigenvalue weighted by Gasteiger charge is -2.20. The number of ether oxygens (including phenoxy) is 1. The molecule has 0 bridgehead atoms. The predicted molar refractivity (Wildman–Crippen MR) is 98.0 cm³/mol. The monoisotopic (exact) mass is 338 g/mol. The molecule has 1 amide bonds. The number of likely N-dealkylation sites (tertiary alicyclic amines) is 1. The average Bonchev–Trinajstić information content (AvgIpc) is 2.67. The van der Waals surface area contributed by atoms with Crippen LogP contribution in [0.2, 0.25) is 0 Å². The molecule has 2 N–H and O–H groups in total. The summed E-state index contributed by atoms with van der Waals surface area (Å²) < 4.78 is 5.70. The number of nitrogens with zero attached hydrogens (tertiary/aromatic N) is 1. The van der Waals surface area contributed by atoms with Crippen molar-refractivity contribution in [1.29, 1.82) is 0 Å². The van der Waals surface area contributed by atoms with Gasteiger partial charge in [0.1, 0.15) is 12.4 Å². The van der Waals surface area contributed by atoms with E-state index in [4.69, 9.17) is 4.74 Å². The van der Waals surface area contributed by atoms with Crippen molar-refractivity contribution in [3.63, 3.8) is 0 Å². The van der Waals surface area contributed by atoms with E-state index in [1.807, 2.05) is 42.5 Å². The molecular formula is C20H24N3O2+. The van der Waals surface area contributed by atoms with Crippen LogP contribution in [-0.2, 0) is 6.61 Å². The van der Waals surface area contributed by atoms with Gasteiger partial charge in [-0.15, -0.1) is 0 Å². The topological polar surface area (TPSA) is 55.1 Å². The van der Waals surface area contributed by atoms with E-state index in [2.05, 4.69) is 17.6 Å². The van der Waals surface area contributed by atoms with Gasteiger partial charge in [0.2, 0.25) is 0 Å². The molecule has 0 aromatic heterocycles. The van der Waals surface area contributed by atoms with Gasteiger partial charge in [-0.3, -0.25) is 4.79 Å². The van der Waals surface area contributed by atoms with E-state index in [1.54, 1.807) is 12.1 Å². The van der Waals surface area contributed by atoms with Crippen LogP contribution in [0.15, 0.2) is 59.7 Å². The Balaban J connectivity index is 1.51. The first-order chi connectivity index (χ1) is 12.2. The minimum absolute atomic E-state index is 0.172. The van der Waals surface area contributed by atoms with Crippen LogP contribution in [0.1, 0.15) is 28.8 Å². The first-order valence-electron chi connectivity index (χ1n) is 8.64. The number of hydrogen-bond donors (Lipinski definition) is 2. The van der Waals surface area contributed by atoms with Crippen LogP contribution in [0, 0.1) is 0 Å². The third kappa shape index (κ3) is 5.16. The van der Waals surface area contributed by atoms with Crippen molar-refractivity contribution >= 4 is 11.6 Å². The summed E-state index contributed by atoms with van der Waals surface area (Å²) in [6.07, 6.45) is 1.89. The number of para-hydroxylation sites is 1. The average molecular weight is 338 g/mol. The molecule has 0 aliphatic carbocycles. The Morgan fingerprint density at radius 3 is 2.44 bits per heavy atom. The zero-order chi connectivity index (χ0) is 17.5. The molecule has 1 saturated heterocycles. The van der Waals surface area contributed by atoms with Gasteiger partial charge >= 0.3 is 0 Å². The third-order valence-electron chi connectivity index (χ3n) is 4.36. The van der Waals surface area contributed by atoms with Gasteiger partial charge in [-0.1, -0.05) is 30.3 Å². The second-order valence-corrected chi connectivity index (χ2v) is 6.37. The van der Waals surface area contributed by atoms with Crippen LogP contribution in [0.4, 0.5) is 0 Å². The van der Waals surface area contributed by atoms with Crippen LogP contribution < -0.4 is 15.1 Å². The lowest BCUT2D eigenvalue weighted by molar-refractivity contribution is -0.880. The molecule has 0 atom stereocenters.